The van der Waals surface area contributed by atoms with Crippen molar-refractivity contribution in [2.75, 3.05) is 0 Å². The highest BCUT2D eigenvalue weighted by molar-refractivity contribution is 8.01. The van der Waals surface area contributed by atoms with Gasteiger partial charge < -0.3 is 4.79 Å². The lowest BCUT2D eigenvalue weighted by molar-refractivity contribution is -0.109. The van der Waals surface area contributed by atoms with Crippen LogP contribution in [0.2, 0.25) is 0 Å². The van der Waals surface area contributed by atoms with E-state index in [-0.39, 0.29) is 4.75 Å². The number of thioether (sulfide) groups is 1. The molecule has 0 unspecified atom stereocenters. The molecule has 0 aromatic rings. The Labute approximate surface area is 72.9 Å². The highest BCUT2D eigenvalue weighted by Gasteiger charge is 2.34. The van der Waals surface area contributed by atoms with Crippen LogP contribution in [-0.4, -0.2) is 16.3 Å². The van der Waals surface area contributed by atoms with Crippen molar-refractivity contribution >= 4 is 18.0 Å². The summed E-state index contributed by atoms with van der Waals surface area (Å²) in [7, 11) is 0. The molecule has 0 saturated heterocycles. The molecule has 64 valence electrons. The standard InChI is InChI=1S/C9H16OS/c1-8(2)11-9(7-10)5-3-4-6-9/h7-8H,3-6H2,1-2H3. The van der Waals surface area contributed by atoms with Crippen molar-refractivity contribution in [2.45, 2.75) is 49.5 Å². The zero-order chi connectivity index (χ0) is 8.32. The average Bonchev–Trinajstić information content (AvgIpc) is 2.36. The minimum absolute atomic E-state index is 0.00579. The summed E-state index contributed by atoms with van der Waals surface area (Å²) in [6.45, 7) is 4.32. The molecule has 0 spiro atoms. The van der Waals surface area contributed by atoms with Crippen molar-refractivity contribution < 1.29 is 4.79 Å². The quantitative estimate of drug-likeness (QED) is 0.609. The van der Waals surface area contributed by atoms with E-state index in [0.29, 0.717) is 5.25 Å². The van der Waals surface area contributed by atoms with Crippen molar-refractivity contribution in [2.24, 2.45) is 0 Å². The lowest BCUT2D eigenvalue weighted by Crippen LogP contribution is -2.23. The molecule has 0 heterocycles. The zero-order valence-electron chi connectivity index (χ0n) is 7.30. The summed E-state index contributed by atoms with van der Waals surface area (Å²) in [6.07, 6.45) is 5.83. The van der Waals surface area contributed by atoms with Crippen molar-refractivity contribution in [1.29, 1.82) is 0 Å². The number of carbonyl (C=O) groups excluding carboxylic acids is 1. The number of hydrogen-bond donors (Lipinski definition) is 0. The predicted octanol–water partition coefficient (Wildman–Crippen LogP) is 2.64. The summed E-state index contributed by atoms with van der Waals surface area (Å²) < 4.78 is -0.00579. The summed E-state index contributed by atoms with van der Waals surface area (Å²) in [4.78, 5) is 10.8. The van der Waals surface area contributed by atoms with E-state index in [0.717, 1.165) is 12.8 Å². The molecule has 1 saturated carbocycles. The molecule has 1 nitrogen and oxygen atoms in total. The fourth-order valence-electron chi connectivity index (χ4n) is 1.71. The molecule has 0 aromatic heterocycles. The topological polar surface area (TPSA) is 17.1 Å². The third kappa shape index (κ3) is 2.22. The molecule has 0 bridgehead atoms. The Morgan fingerprint density at radius 2 is 1.91 bits per heavy atom. The van der Waals surface area contributed by atoms with E-state index < -0.39 is 0 Å². The molecular weight excluding hydrogens is 156 g/mol. The normalized spacial score (nSPS) is 22.5. The molecule has 0 aromatic carbocycles. The Morgan fingerprint density at radius 1 is 1.36 bits per heavy atom. The van der Waals surface area contributed by atoms with E-state index >= 15 is 0 Å². The maximum Gasteiger partial charge on any atom is 0.136 e. The molecule has 1 rings (SSSR count). The molecule has 11 heavy (non-hydrogen) atoms. The maximum atomic E-state index is 10.8. The second-order valence-electron chi connectivity index (χ2n) is 3.56. The summed E-state index contributed by atoms with van der Waals surface area (Å²) in [5.41, 5.74) is 0. The lowest BCUT2D eigenvalue weighted by Gasteiger charge is -2.23. The molecular formula is C9H16OS. The zero-order valence-corrected chi connectivity index (χ0v) is 8.12. The molecule has 0 N–H and O–H groups in total. The van der Waals surface area contributed by atoms with E-state index in [9.17, 15) is 4.79 Å². The molecule has 0 amide bonds. The summed E-state index contributed by atoms with van der Waals surface area (Å²) in [6, 6.07) is 0. The van der Waals surface area contributed by atoms with Crippen LogP contribution >= 0.6 is 11.8 Å². The molecule has 1 aliphatic rings. The van der Waals surface area contributed by atoms with Crippen molar-refractivity contribution in [3.05, 3.63) is 0 Å². The van der Waals surface area contributed by atoms with Crippen LogP contribution in [0, 0.1) is 0 Å². The van der Waals surface area contributed by atoms with Gasteiger partial charge in [0.1, 0.15) is 6.29 Å². The molecule has 1 fully saturated rings. The molecule has 0 radical (unpaired) electrons. The van der Waals surface area contributed by atoms with Gasteiger partial charge >= 0.3 is 0 Å². The Hall–Kier alpha value is 0.0200. The van der Waals surface area contributed by atoms with Gasteiger partial charge in [-0.3, -0.25) is 0 Å². The second kappa shape index (κ2) is 3.61. The van der Waals surface area contributed by atoms with Crippen molar-refractivity contribution in [1.82, 2.24) is 0 Å². The van der Waals surface area contributed by atoms with E-state index in [4.69, 9.17) is 0 Å². The van der Waals surface area contributed by atoms with E-state index in [1.807, 2.05) is 11.8 Å². The number of hydrogen-bond acceptors (Lipinski definition) is 2. The van der Waals surface area contributed by atoms with Gasteiger partial charge in [0.25, 0.3) is 0 Å². The van der Waals surface area contributed by atoms with Gasteiger partial charge in [-0.25, -0.2) is 0 Å². The Balaban J connectivity index is 2.52. The highest BCUT2D eigenvalue weighted by Crippen LogP contribution is 2.41. The van der Waals surface area contributed by atoms with Gasteiger partial charge in [0.05, 0.1) is 4.75 Å². The first-order valence-corrected chi connectivity index (χ1v) is 5.21. The van der Waals surface area contributed by atoms with E-state index in [1.54, 1.807) is 0 Å². The smallest absolute Gasteiger partial charge is 0.136 e. The second-order valence-corrected chi connectivity index (χ2v) is 5.55. The molecule has 0 aliphatic heterocycles. The number of aldehydes is 1. The first-order chi connectivity index (χ1) is 5.18. The van der Waals surface area contributed by atoms with Gasteiger partial charge in [0, 0.05) is 5.25 Å². The lowest BCUT2D eigenvalue weighted by atomic mass is 10.1. The van der Waals surface area contributed by atoms with Crippen LogP contribution in [0.4, 0.5) is 0 Å². The van der Waals surface area contributed by atoms with Gasteiger partial charge in [-0.15, -0.1) is 11.8 Å². The Morgan fingerprint density at radius 3 is 2.27 bits per heavy atom. The van der Waals surface area contributed by atoms with Gasteiger partial charge in [-0.05, 0) is 12.8 Å². The van der Waals surface area contributed by atoms with Crippen LogP contribution < -0.4 is 0 Å². The predicted molar refractivity (Wildman–Crippen MR) is 50.0 cm³/mol. The van der Waals surface area contributed by atoms with Crippen molar-refractivity contribution in [3.63, 3.8) is 0 Å². The van der Waals surface area contributed by atoms with E-state index in [1.165, 1.54) is 19.1 Å². The minimum atomic E-state index is -0.00579. The minimum Gasteiger partial charge on any atom is -0.302 e. The van der Waals surface area contributed by atoms with Crippen LogP contribution in [-0.2, 0) is 4.79 Å². The molecule has 1 aliphatic carbocycles. The molecule has 2 heteroatoms. The summed E-state index contributed by atoms with van der Waals surface area (Å²) in [5.74, 6) is 0. The van der Waals surface area contributed by atoms with E-state index in [2.05, 4.69) is 13.8 Å². The summed E-state index contributed by atoms with van der Waals surface area (Å²) in [5, 5.41) is 0.582. The van der Waals surface area contributed by atoms with Crippen LogP contribution in [0.25, 0.3) is 0 Å². The van der Waals surface area contributed by atoms with Crippen molar-refractivity contribution in [3.8, 4) is 0 Å². The third-order valence-electron chi connectivity index (χ3n) is 2.14. The third-order valence-corrected chi connectivity index (χ3v) is 3.58. The maximum absolute atomic E-state index is 10.8. The van der Waals surface area contributed by atoms with Crippen LogP contribution in [0.5, 0.6) is 0 Å². The fraction of sp³-hybridized carbons (Fsp3) is 0.889. The van der Waals surface area contributed by atoms with Gasteiger partial charge in [0.2, 0.25) is 0 Å². The van der Waals surface area contributed by atoms with Crippen LogP contribution in [0.1, 0.15) is 39.5 Å². The fourth-order valence-corrected chi connectivity index (χ4v) is 3.23. The Kier molecular flexibility index (Phi) is 2.99. The summed E-state index contributed by atoms with van der Waals surface area (Å²) >= 11 is 1.84. The highest BCUT2D eigenvalue weighted by atomic mass is 32.2. The largest absolute Gasteiger partial charge is 0.302 e. The first kappa shape index (κ1) is 9.11. The van der Waals surface area contributed by atoms with Gasteiger partial charge in [0.15, 0.2) is 0 Å². The molecule has 0 atom stereocenters. The first-order valence-electron chi connectivity index (χ1n) is 4.33. The Bertz CT molecular complexity index is 136. The monoisotopic (exact) mass is 172 g/mol. The van der Waals surface area contributed by atoms with Gasteiger partial charge in [-0.1, -0.05) is 26.7 Å². The average molecular weight is 172 g/mol. The SMILES string of the molecule is CC(C)SC1(C=O)CCCC1. The van der Waals surface area contributed by atoms with Crippen LogP contribution in [0.3, 0.4) is 0 Å². The van der Waals surface area contributed by atoms with Gasteiger partial charge in [-0.2, -0.15) is 0 Å². The number of rotatable bonds is 3. The van der Waals surface area contributed by atoms with Crippen LogP contribution in [0.15, 0.2) is 0 Å². The number of carbonyl (C=O) groups is 1.